The van der Waals surface area contributed by atoms with Crippen molar-refractivity contribution in [1.82, 2.24) is 9.55 Å². The van der Waals surface area contributed by atoms with Crippen LogP contribution in [0.25, 0.3) is 11.3 Å². The van der Waals surface area contributed by atoms with Crippen molar-refractivity contribution in [2.45, 2.75) is 16.6 Å². The highest BCUT2D eigenvalue weighted by molar-refractivity contribution is 7.99. The highest BCUT2D eigenvalue weighted by Crippen LogP contribution is 2.33. The van der Waals surface area contributed by atoms with E-state index in [1.807, 2.05) is 16.8 Å². The third-order valence-corrected chi connectivity index (χ3v) is 6.52. The molecule has 27 heavy (non-hydrogen) atoms. The predicted octanol–water partition coefficient (Wildman–Crippen LogP) is 3.60. The third-order valence-electron chi connectivity index (χ3n) is 4.18. The molecule has 0 radical (unpaired) electrons. The van der Waals surface area contributed by atoms with Crippen LogP contribution in [0.3, 0.4) is 0 Å². The molecule has 140 valence electrons. The van der Waals surface area contributed by atoms with Crippen molar-refractivity contribution in [3.63, 3.8) is 0 Å². The highest BCUT2D eigenvalue weighted by atomic mass is 32.2. The van der Waals surface area contributed by atoms with E-state index < -0.39 is 15.8 Å². The molecule has 0 atom stereocenters. The topological polar surface area (TPSA) is 73.2 Å². The molecule has 1 aliphatic heterocycles. The molecule has 6 nitrogen and oxygen atoms in total. The number of aryl methyl sites for hydroxylation is 1. The van der Waals surface area contributed by atoms with E-state index in [9.17, 15) is 12.8 Å². The Hall–Kier alpha value is -2.52. The summed E-state index contributed by atoms with van der Waals surface area (Å²) in [6, 6.07) is 10.5. The Morgan fingerprint density at radius 1 is 1.26 bits per heavy atom. The number of sulfonamides is 1. The van der Waals surface area contributed by atoms with Crippen LogP contribution in [0.15, 0.2) is 58.7 Å². The molecule has 0 saturated heterocycles. The number of ether oxygens (including phenoxy) is 1. The van der Waals surface area contributed by atoms with Crippen LogP contribution in [-0.4, -0.2) is 30.8 Å². The Morgan fingerprint density at radius 3 is 2.81 bits per heavy atom. The number of hydrogen-bond donors (Lipinski definition) is 1. The fraction of sp³-hybridized carbons (Fsp3) is 0.167. The summed E-state index contributed by atoms with van der Waals surface area (Å²) in [7, 11) is -2.65. The van der Waals surface area contributed by atoms with Gasteiger partial charge in [-0.2, -0.15) is 0 Å². The second-order valence-electron chi connectivity index (χ2n) is 5.90. The summed E-state index contributed by atoms with van der Waals surface area (Å²) in [5, 5.41) is 0.917. The zero-order valence-electron chi connectivity index (χ0n) is 14.3. The maximum absolute atomic E-state index is 13.9. The zero-order valence-corrected chi connectivity index (χ0v) is 16.0. The van der Waals surface area contributed by atoms with Crippen molar-refractivity contribution in [3.05, 3.63) is 54.5 Å². The van der Waals surface area contributed by atoms with Crippen molar-refractivity contribution in [2.24, 2.45) is 0 Å². The second-order valence-corrected chi connectivity index (χ2v) is 8.64. The summed E-state index contributed by atoms with van der Waals surface area (Å²) in [5.41, 5.74) is 1.74. The molecule has 2 aromatic carbocycles. The van der Waals surface area contributed by atoms with E-state index in [4.69, 9.17) is 4.74 Å². The lowest BCUT2D eigenvalue weighted by atomic mass is 10.1. The highest BCUT2D eigenvalue weighted by Gasteiger charge is 2.21. The monoisotopic (exact) mass is 405 g/mol. The van der Waals surface area contributed by atoms with Crippen LogP contribution in [0.1, 0.15) is 0 Å². The van der Waals surface area contributed by atoms with Gasteiger partial charge in [-0.1, -0.05) is 30.0 Å². The third kappa shape index (κ3) is 3.40. The van der Waals surface area contributed by atoms with Crippen molar-refractivity contribution >= 4 is 27.5 Å². The van der Waals surface area contributed by atoms with Gasteiger partial charge < -0.3 is 9.30 Å². The lowest BCUT2D eigenvalue weighted by Gasteiger charge is -2.12. The van der Waals surface area contributed by atoms with Crippen LogP contribution in [0.4, 0.5) is 10.1 Å². The van der Waals surface area contributed by atoms with Gasteiger partial charge in [-0.05, 0) is 24.3 Å². The second kappa shape index (κ2) is 6.90. The van der Waals surface area contributed by atoms with Crippen LogP contribution in [-0.2, 0) is 16.6 Å². The number of imidazole rings is 1. The molecule has 1 N–H and O–H groups in total. The van der Waals surface area contributed by atoms with Gasteiger partial charge in [-0.3, -0.25) is 4.72 Å². The molecule has 0 aliphatic carbocycles. The van der Waals surface area contributed by atoms with Crippen LogP contribution in [0, 0.1) is 5.82 Å². The smallest absolute Gasteiger partial charge is 0.262 e. The van der Waals surface area contributed by atoms with Crippen molar-refractivity contribution in [1.29, 1.82) is 0 Å². The number of rotatable bonds is 5. The van der Waals surface area contributed by atoms with Gasteiger partial charge in [0.2, 0.25) is 0 Å². The Morgan fingerprint density at radius 2 is 2.07 bits per heavy atom. The number of nitrogens with one attached hydrogen (secondary N) is 1. The average Bonchev–Trinajstić information content (AvgIpc) is 3.23. The number of nitrogens with zero attached hydrogens (tertiary/aromatic N) is 2. The van der Waals surface area contributed by atoms with E-state index in [2.05, 4.69) is 9.71 Å². The lowest BCUT2D eigenvalue weighted by Crippen LogP contribution is -2.14. The molecule has 4 rings (SSSR count). The van der Waals surface area contributed by atoms with E-state index in [1.54, 1.807) is 30.0 Å². The zero-order chi connectivity index (χ0) is 19.0. The Balaban J connectivity index is 1.69. The molecular formula is C18H16FN3O3S2. The standard InChI is InChI=1S/C18H16FN3O3S2/c1-25-17-7-6-12(10-14(17)19)27(23,24)21-15-5-3-2-4-13(15)16-11-22-8-9-26-18(22)20-16/h2-7,10-11,21H,8-9H2,1H3. The van der Waals surface area contributed by atoms with Gasteiger partial charge in [-0.15, -0.1) is 0 Å². The summed E-state index contributed by atoms with van der Waals surface area (Å²) in [6.07, 6.45) is 1.91. The van der Waals surface area contributed by atoms with Gasteiger partial charge in [0.25, 0.3) is 10.0 Å². The molecule has 3 aromatic rings. The van der Waals surface area contributed by atoms with Gasteiger partial charge >= 0.3 is 0 Å². The summed E-state index contributed by atoms with van der Waals surface area (Å²) in [5.74, 6) is 0.232. The van der Waals surface area contributed by atoms with Crippen molar-refractivity contribution in [2.75, 3.05) is 17.6 Å². The number of hydrogen-bond acceptors (Lipinski definition) is 5. The van der Waals surface area contributed by atoms with Crippen molar-refractivity contribution < 1.29 is 17.5 Å². The summed E-state index contributed by atoms with van der Waals surface area (Å²) >= 11 is 1.66. The Bertz CT molecular complexity index is 1090. The van der Waals surface area contributed by atoms with Crippen LogP contribution in [0.2, 0.25) is 0 Å². The average molecular weight is 405 g/mol. The van der Waals surface area contributed by atoms with E-state index in [-0.39, 0.29) is 10.6 Å². The van der Waals surface area contributed by atoms with Gasteiger partial charge in [0.15, 0.2) is 16.7 Å². The van der Waals surface area contributed by atoms with Gasteiger partial charge in [0, 0.05) is 24.1 Å². The SMILES string of the molecule is COc1ccc(S(=O)(=O)Nc2ccccc2-c2cn3c(n2)SCC3)cc1F. The molecule has 0 bridgehead atoms. The summed E-state index contributed by atoms with van der Waals surface area (Å²) in [4.78, 5) is 4.39. The van der Waals surface area contributed by atoms with E-state index >= 15 is 0 Å². The number of methoxy groups -OCH3 is 1. The Kier molecular flexibility index (Phi) is 4.56. The number of anilines is 1. The largest absolute Gasteiger partial charge is 0.494 e. The molecular weight excluding hydrogens is 389 g/mol. The molecule has 0 amide bonds. The van der Waals surface area contributed by atoms with Crippen LogP contribution < -0.4 is 9.46 Å². The minimum Gasteiger partial charge on any atom is -0.494 e. The van der Waals surface area contributed by atoms with Crippen LogP contribution in [0.5, 0.6) is 5.75 Å². The fourth-order valence-corrected chi connectivity index (χ4v) is 4.89. The van der Waals surface area contributed by atoms with Gasteiger partial charge in [0.1, 0.15) is 0 Å². The summed E-state index contributed by atoms with van der Waals surface area (Å²) < 4.78 is 48.8. The normalized spacial score (nSPS) is 13.4. The lowest BCUT2D eigenvalue weighted by molar-refractivity contribution is 0.385. The Labute approximate surface area is 160 Å². The molecule has 0 unspecified atom stereocenters. The quantitative estimate of drug-likeness (QED) is 0.702. The van der Waals surface area contributed by atoms with E-state index in [0.717, 1.165) is 23.5 Å². The van der Waals surface area contributed by atoms with E-state index in [1.165, 1.54) is 19.2 Å². The number of thioether (sulfide) groups is 1. The van der Waals surface area contributed by atoms with Gasteiger partial charge in [-0.25, -0.2) is 17.8 Å². The molecule has 2 heterocycles. The first-order valence-corrected chi connectivity index (χ1v) is 10.6. The molecule has 0 spiro atoms. The molecule has 9 heteroatoms. The molecule has 1 aliphatic rings. The molecule has 0 fully saturated rings. The molecule has 0 saturated carbocycles. The number of fused-ring (bicyclic) bond motifs is 1. The minimum absolute atomic E-state index is 0.0145. The van der Waals surface area contributed by atoms with Crippen molar-refractivity contribution in [3.8, 4) is 17.0 Å². The number of halogens is 1. The first kappa shape index (κ1) is 17.9. The minimum atomic E-state index is -3.97. The first-order valence-electron chi connectivity index (χ1n) is 8.14. The maximum atomic E-state index is 13.9. The van der Waals surface area contributed by atoms with Crippen LogP contribution >= 0.6 is 11.8 Å². The fourth-order valence-electron chi connectivity index (χ4n) is 2.85. The summed E-state index contributed by atoms with van der Waals surface area (Å²) in [6.45, 7) is 0.881. The predicted molar refractivity (Wildman–Crippen MR) is 102 cm³/mol. The molecule has 1 aromatic heterocycles. The van der Waals surface area contributed by atoms with Gasteiger partial charge in [0.05, 0.1) is 23.4 Å². The number of aromatic nitrogens is 2. The first-order chi connectivity index (χ1) is 13.0. The maximum Gasteiger partial charge on any atom is 0.262 e. The number of para-hydroxylation sites is 1. The number of benzene rings is 2. The van der Waals surface area contributed by atoms with E-state index in [0.29, 0.717) is 16.9 Å².